The zero-order chi connectivity index (χ0) is 23.8. The minimum atomic E-state index is -0.229. The Balaban J connectivity index is 1.10. The summed E-state index contributed by atoms with van der Waals surface area (Å²) < 4.78 is 11.9. The number of carbonyl (C=O) groups excluding carboxylic acids is 1. The fourth-order valence-corrected chi connectivity index (χ4v) is 4.85. The van der Waals surface area contributed by atoms with Gasteiger partial charge in [0.25, 0.3) is 0 Å². The van der Waals surface area contributed by atoms with Crippen molar-refractivity contribution in [3.63, 3.8) is 0 Å². The highest BCUT2D eigenvalue weighted by molar-refractivity contribution is 6.30. The molecule has 0 bridgehead atoms. The third-order valence-electron chi connectivity index (χ3n) is 6.88. The van der Waals surface area contributed by atoms with Crippen molar-refractivity contribution in [3.05, 3.63) is 70.7 Å². The Morgan fingerprint density at radius 3 is 2.21 bits per heavy atom. The van der Waals surface area contributed by atoms with Crippen molar-refractivity contribution < 1.29 is 14.3 Å². The maximum absolute atomic E-state index is 12.4. The van der Waals surface area contributed by atoms with E-state index < -0.39 is 0 Å². The Morgan fingerprint density at radius 2 is 1.56 bits per heavy atom. The van der Waals surface area contributed by atoms with Gasteiger partial charge in [0, 0.05) is 37.2 Å². The number of halogens is 1. The summed E-state index contributed by atoms with van der Waals surface area (Å²) in [4.78, 5) is 16.6. The lowest BCUT2D eigenvalue weighted by atomic mass is 10.0. The van der Waals surface area contributed by atoms with E-state index in [0.717, 1.165) is 67.9 Å². The fourth-order valence-electron chi connectivity index (χ4n) is 4.72. The second-order valence-electron chi connectivity index (χ2n) is 9.35. The number of nitrogens with zero attached hydrogens (tertiary/aromatic N) is 2. The lowest BCUT2D eigenvalue weighted by Gasteiger charge is -2.37. The third-order valence-corrected chi connectivity index (χ3v) is 7.13. The van der Waals surface area contributed by atoms with E-state index in [1.54, 1.807) is 4.90 Å². The van der Waals surface area contributed by atoms with Crippen LogP contribution >= 0.6 is 11.6 Å². The molecular formula is C27H36ClN3O3. The summed E-state index contributed by atoms with van der Waals surface area (Å²) in [5, 5.41) is 0.742. The molecule has 0 radical (unpaired) electrons. The van der Waals surface area contributed by atoms with Gasteiger partial charge in [-0.25, -0.2) is 4.79 Å². The van der Waals surface area contributed by atoms with Gasteiger partial charge in [0.05, 0.1) is 12.2 Å². The van der Waals surface area contributed by atoms with Gasteiger partial charge in [0.1, 0.15) is 6.61 Å². The van der Waals surface area contributed by atoms with Gasteiger partial charge in [-0.05, 0) is 61.9 Å². The zero-order valence-corrected chi connectivity index (χ0v) is 20.5. The molecule has 34 heavy (non-hydrogen) atoms. The highest BCUT2D eigenvalue weighted by atomic mass is 35.5. The molecule has 0 saturated carbocycles. The number of nitrogens with two attached hydrogens (primary N) is 1. The van der Waals surface area contributed by atoms with Crippen molar-refractivity contribution in [2.75, 3.05) is 32.7 Å². The summed E-state index contributed by atoms with van der Waals surface area (Å²) in [6.07, 6.45) is 5.09. The van der Waals surface area contributed by atoms with Crippen LogP contribution in [0.3, 0.4) is 0 Å². The van der Waals surface area contributed by atoms with E-state index >= 15 is 0 Å². The molecule has 0 unspecified atom stereocenters. The SMILES string of the molecule is N[C@@H](CCN1CCC(OC2CCN(C(=O)OCc3ccccc3)CC2)CC1)c1ccc(Cl)cc1. The highest BCUT2D eigenvalue weighted by Gasteiger charge is 2.28. The first-order chi connectivity index (χ1) is 16.6. The van der Waals surface area contributed by atoms with Crippen LogP contribution in [0.2, 0.25) is 5.02 Å². The first-order valence-electron chi connectivity index (χ1n) is 12.4. The quantitative estimate of drug-likeness (QED) is 0.569. The van der Waals surface area contributed by atoms with E-state index in [4.69, 9.17) is 26.8 Å². The first kappa shape index (κ1) is 25.0. The standard InChI is InChI=1S/C27H36ClN3O3/c28-23-8-6-22(7-9-23)26(29)14-17-30-15-10-24(11-16-30)34-25-12-18-31(19-13-25)27(32)33-20-21-4-2-1-3-5-21/h1-9,24-26H,10-20,29H2/t26-/m0/s1. The Morgan fingerprint density at radius 1 is 0.941 bits per heavy atom. The summed E-state index contributed by atoms with van der Waals surface area (Å²) >= 11 is 5.97. The lowest BCUT2D eigenvalue weighted by molar-refractivity contribution is -0.0638. The molecule has 7 heteroatoms. The number of ether oxygens (including phenoxy) is 2. The summed E-state index contributed by atoms with van der Waals surface area (Å²) in [5.41, 5.74) is 8.51. The van der Waals surface area contributed by atoms with Crippen LogP contribution in [0.15, 0.2) is 54.6 Å². The molecule has 184 valence electrons. The molecule has 2 fully saturated rings. The molecule has 6 nitrogen and oxygen atoms in total. The second-order valence-corrected chi connectivity index (χ2v) is 9.79. The maximum atomic E-state index is 12.4. The molecule has 2 aromatic rings. The number of hydrogen-bond acceptors (Lipinski definition) is 5. The third kappa shape index (κ3) is 7.44. The van der Waals surface area contributed by atoms with Crippen molar-refractivity contribution in [2.24, 2.45) is 5.73 Å². The Labute approximate surface area is 208 Å². The van der Waals surface area contributed by atoms with E-state index in [9.17, 15) is 4.79 Å². The maximum Gasteiger partial charge on any atom is 0.410 e. The van der Waals surface area contributed by atoms with Crippen molar-refractivity contribution in [1.29, 1.82) is 0 Å². The van der Waals surface area contributed by atoms with E-state index in [-0.39, 0.29) is 18.2 Å². The molecule has 0 aromatic heterocycles. The van der Waals surface area contributed by atoms with Gasteiger partial charge >= 0.3 is 6.09 Å². The topological polar surface area (TPSA) is 68.0 Å². The predicted molar refractivity (Wildman–Crippen MR) is 135 cm³/mol. The number of hydrogen-bond donors (Lipinski definition) is 1. The Bertz CT molecular complexity index is 880. The largest absolute Gasteiger partial charge is 0.445 e. The molecule has 0 aliphatic carbocycles. The van der Waals surface area contributed by atoms with Crippen LogP contribution in [0, 0.1) is 0 Å². The zero-order valence-electron chi connectivity index (χ0n) is 19.8. The van der Waals surface area contributed by atoms with Crippen LogP contribution in [0.4, 0.5) is 4.79 Å². The number of carbonyl (C=O) groups is 1. The van der Waals surface area contributed by atoms with Crippen LogP contribution in [0.5, 0.6) is 0 Å². The van der Waals surface area contributed by atoms with Crippen molar-refractivity contribution in [2.45, 2.75) is 57.0 Å². The number of amides is 1. The Hall–Kier alpha value is -2.12. The summed E-state index contributed by atoms with van der Waals surface area (Å²) in [5.74, 6) is 0. The van der Waals surface area contributed by atoms with Gasteiger partial charge in [-0.2, -0.15) is 0 Å². The minimum absolute atomic E-state index is 0.0378. The van der Waals surface area contributed by atoms with E-state index in [1.807, 2.05) is 54.6 Å². The molecule has 2 saturated heterocycles. The molecule has 2 heterocycles. The summed E-state index contributed by atoms with van der Waals surface area (Å²) in [6, 6.07) is 17.7. The van der Waals surface area contributed by atoms with E-state index in [0.29, 0.717) is 25.8 Å². The van der Waals surface area contributed by atoms with Gasteiger partial charge < -0.3 is 25.0 Å². The van der Waals surface area contributed by atoms with Crippen LogP contribution in [0.1, 0.15) is 49.3 Å². The van der Waals surface area contributed by atoms with Gasteiger partial charge in [-0.3, -0.25) is 0 Å². The van der Waals surface area contributed by atoms with E-state index in [2.05, 4.69) is 4.90 Å². The average Bonchev–Trinajstić information content (AvgIpc) is 2.88. The second kappa shape index (κ2) is 12.5. The van der Waals surface area contributed by atoms with Crippen LogP contribution in [-0.2, 0) is 16.1 Å². The molecule has 2 aromatic carbocycles. The molecule has 2 N–H and O–H groups in total. The van der Waals surface area contributed by atoms with Gasteiger partial charge in [-0.1, -0.05) is 54.1 Å². The molecule has 1 amide bonds. The monoisotopic (exact) mass is 485 g/mol. The van der Waals surface area contributed by atoms with Crippen LogP contribution in [-0.4, -0.2) is 60.8 Å². The first-order valence-corrected chi connectivity index (χ1v) is 12.8. The average molecular weight is 486 g/mol. The molecule has 2 aliphatic rings. The number of likely N-dealkylation sites (tertiary alicyclic amines) is 2. The summed E-state index contributed by atoms with van der Waals surface area (Å²) in [7, 11) is 0. The Kier molecular flexibility index (Phi) is 9.22. The predicted octanol–water partition coefficient (Wildman–Crippen LogP) is 5.01. The van der Waals surface area contributed by atoms with Crippen LogP contribution in [0.25, 0.3) is 0 Å². The summed E-state index contributed by atoms with van der Waals surface area (Å²) in [6.45, 7) is 4.80. The highest BCUT2D eigenvalue weighted by Crippen LogP contribution is 2.23. The van der Waals surface area contributed by atoms with Crippen molar-refractivity contribution >= 4 is 17.7 Å². The fraction of sp³-hybridized carbons (Fsp3) is 0.519. The molecule has 0 spiro atoms. The van der Waals surface area contributed by atoms with Crippen molar-refractivity contribution in [3.8, 4) is 0 Å². The smallest absolute Gasteiger partial charge is 0.410 e. The number of rotatable bonds is 8. The van der Waals surface area contributed by atoms with Crippen molar-refractivity contribution in [1.82, 2.24) is 9.80 Å². The van der Waals surface area contributed by atoms with Gasteiger partial charge in [0.15, 0.2) is 0 Å². The normalized spacial score (nSPS) is 19.2. The molecule has 4 rings (SSSR count). The van der Waals surface area contributed by atoms with Crippen LogP contribution < -0.4 is 5.73 Å². The van der Waals surface area contributed by atoms with Gasteiger partial charge in [0.2, 0.25) is 0 Å². The molecule has 1 atom stereocenters. The lowest BCUT2D eigenvalue weighted by Crippen LogP contribution is -2.44. The molecular weight excluding hydrogens is 450 g/mol. The van der Waals surface area contributed by atoms with Gasteiger partial charge in [-0.15, -0.1) is 0 Å². The number of benzene rings is 2. The minimum Gasteiger partial charge on any atom is -0.445 e. The van der Waals surface area contributed by atoms with E-state index in [1.165, 1.54) is 0 Å². The molecule has 2 aliphatic heterocycles. The number of piperidine rings is 2.